The largest absolute Gasteiger partial charge is 0.347 e. The molecule has 0 bridgehead atoms. The van der Waals surface area contributed by atoms with Crippen LogP contribution in [0.15, 0.2) is 29.6 Å². The number of carbonyl (C=O) groups is 1. The topological polar surface area (TPSA) is 83.6 Å². The second-order valence-electron chi connectivity index (χ2n) is 5.84. The molecule has 23 heavy (non-hydrogen) atoms. The Hall–Kier alpha value is -1.89. The number of aromatic nitrogens is 4. The summed E-state index contributed by atoms with van der Waals surface area (Å²) >= 11 is 1.34. The summed E-state index contributed by atoms with van der Waals surface area (Å²) in [6, 6.07) is 5.87. The number of nitrogens with one attached hydrogen (secondary N) is 2. The zero-order valence-corrected chi connectivity index (χ0v) is 14.0. The Morgan fingerprint density at radius 2 is 2.26 bits per heavy atom. The number of H-pyrrole nitrogens is 1. The molecule has 2 N–H and O–H groups in total. The molecule has 0 spiro atoms. The first kappa shape index (κ1) is 16.0. The first-order valence-electron chi connectivity index (χ1n) is 7.94. The molecule has 1 aliphatic rings. The first-order chi connectivity index (χ1) is 11.2. The van der Waals surface area contributed by atoms with Crippen molar-refractivity contribution < 1.29 is 4.79 Å². The van der Waals surface area contributed by atoms with Gasteiger partial charge in [-0.2, -0.15) is 0 Å². The molecule has 0 radical (unpaired) electrons. The third-order valence-electron chi connectivity index (χ3n) is 4.10. The molecule has 0 aliphatic heterocycles. The lowest BCUT2D eigenvalue weighted by atomic mass is 9.95. The van der Waals surface area contributed by atoms with Crippen molar-refractivity contribution in [3.8, 4) is 0 Å². The number of aryl methyl sites for hydroxylation is 1. The third kappa shape index (κ3) is 4.31. The lowest BCUT2D eigenvalue weighted by Gasteiger charge is -2.24. The summed E-state index contributed by atoms with van der Waals surface area (Å²) in [5.74, 6) is 1.54. The SMILES string of the molecule is Cc1nc(SCC(=O)N[C@H](c2ccccn2)C2CCCC2)n[nH]1. The minimum absolute atomic E-state index is 0.00000567. The van der Waals surface area contributed by atoms with Crippen LogP contribution >= 0.6 is 11.8 Å². The fraction of sp³-hybridized carbons (Fsp3) is 0.500. The standard InChI is InChI=1S/C16H21N5OS/c1-11-18-16(21-20-11)23-10-14(22)19-15(12-6-2-3-7-12)13-8-4-5-9-17-13/h4-5,8-9,12,15H,2-3,6-7,10H2,1H3,(H,19,22)(H,18,20,21)/t15-/m0/s1. The Balaban J connectivity index is 1.62. The van der Waals surface area contributed by atoms with Crippen LogP contribution in [-0.4, -0.2) is 31.8 Å². The maximum absolute atomic E-state index is 12.3. The summed E-state index contributed by atoms with van der Waals surface area (Å²) in [5, 5.41) is 10.6. The molecule has 0 aromatic carbocycles. The van der Waals surface area contributed by atoms with Crippen molar-refractivity contribution in [3.63, 3.8) is 0 Å². The molecule has 2 aromatic heterocycles. The molecule has 0 unspecified atom stereocenters. The molecule has 1 fully saturated rings. The van der Waals surface area contributed by atoms with Gasteiger partial charge < -0.3 is 5.32 Å². The molecular weight excluding hydrogens is 310 g/mol. The zero-order valence-electron chi connectivity index (χ0n) is 13.2. The van der Waals surface area contributed by atoms with Gasteiger partial charge in [-0.05, 0) is 37.8 Å². The highest BCUT2D eigenvalue weighted by molar-refractivity contribution is 7.99. The Bertz CT molecular complexity index is 639. The lowest BCUT2D eigenvalue weighted by molar-refractivity contribution is -0.119. The van der Waals surface area contributed by atoms with Crippen LogP contribution in [0.2, 0.25) is 0 Å². The third-order valence-corrected chi connectivity index (χ3v) is 4.95. The summed E-state index contributed by atoms with van der Waals surface area (Å²) in [6.07, 6.45) is 6.54. The van der Waals surface area contributed by atoms with Crippen molar-refractivity contribution in [3.05, 3.63) is 35.9 Å². The Morgan fingerprint density at radius 3 is 2.91 bits per heavy atom. The fourth-order valence-electron chi connectivity index (χ4n) is 3.02. The van der Waals surface area contributed by atoms with E-state index >= 15 is 0 Å². The smallest absolute Gasteiger partial charge is 0.231 e. The van der Waals surface area contributed by atoms with Crippen molar-refractivity contribution in [2.24, 2.45) is 5.92 Å². The molecule has 122 valence electrons. The maximum Gasteiger partial charge on any atom is 0.231 e. The van der Waals surface area contributed by atoms with Gasteiger partial charge in [0.15, 0.2) is 0 Å². The van der Waals surface area contributed by atoms with Crippen molar-refractivity contribution in [2.45, 2.75) is 43.8 Å². The number of carbonyl (C=O) groups excluding carboxylic acids is 1. The van der Waals surface area contributed by atoms with Gasteiger partial charge in [0.25, 0.3) is 0 Å². The van der Waals surface area contributed by atoms with E-state index in [1.807, 2.05) is 25.1 Å². The summed E-state index contributed by atoms with van der Waals surface area (Å²) in [4.78, 5) is 21.0. The van der Waals surface area contributed by atoms with Gasteiger partial charge in [0.05, 0.1) is 17.5 Å². The van der Waals surface area contributed by atoms with E-state index < -0.39 is 0 Å². The minimum Gasteiger partial charge on any atom is -0.347 e. The molecule has 1 saturated carbocycles. The normalized spacial score (nSPS) is 16.4. The van der Waals surface area contributed by atoms with Crippen LogP contribution in [0.1, 0.15) is 43.2 Å². The van der Waals surface area contributed by atoms with Gasteiger partial charge in [0.1, 0.15) is 5.82 Å². The van der Waals surface area contributed by atoms with E-state index in [4.69, 9.17) is 0 Å². The first-order valence-corrected chi connectivity index (χ1v) is 8.93. The van der Waals surface area contributed by atoms with Crippen LogP contribution in [0, 0.1) is 12.8 Å². The number of rotatable bonds is 6. The van der Waals surface area contributed by atoms with Gasteiger partial charge in [-0.1, -0.05) is 30.7 Å². The van der Waals surface area contributed by atoms with Gasteiger partial charge in [-0.3, -0.25) is 14.9 Å². The predicted molar refractivity (Wildman–Crippen MR) is 88.9 cm³/mol. The average Bonchev–Trinajstić information content (AvgIpc) is 3.23. The summed E-state index contributed by atoms with van der Waals surface area (Å²) in [5.41, 5.74) is 0.950. The molecule has 2 aromatic rings. The van der Waals surface area contributed by atoms with E-state index in [-0.39, 0.29) is 11.9 Å². The summed E-state index contributed by atoms with van der Waals surface area (Å²) in [6.45, 7) is 1.84. The Kier molecular flexibility index (Phi) is 5.27. The molecule has 1 aliphatic carbocycles. The molecule has 2 heterocycles. The Labute approximate surface area is 139 Å². The van der Waals surface area contributed by atoms with E-state index in [0.717, 1.165) is 24.4 Å². The predicted octanol–water partition coefficient (Wildman–Crippen LogP) is 2.65. The second-order valence-corrected chi connectivity index (χ2v) is 6.78. The second kappa shape index (κ2) is 7.59. The monoisotopic (exact) mass is 331 g/mol. The van der Waals surface area contributed by atoms with Crippen LogP contribution in [-0.2, 0) is 4.79 Å². The van der Waals surface area contributed by atoms with Gasteiger partial charge in [0, 0.05) is 6.20 Å². The molecule has 1 amide bonds. The van der Waals surface area contributed by atoms with E-state index in [0.29, 0.717) is 16.8 Å². The zero-order chi connectivity index (χ0) is 16.1. The van der Waals surface area contributed by atoms with Gasteiger partial charge in [-0.15, -0.1) is 5.10 Å². The number of amides is 1. The minimum atomic E-state index is 0.00000567. The quantitative estimate of drug-likeness (QED) is 0.795. The highest BCUT2D eigenvalue weighted by Gasteiger charge is 2.28. The van der Waals surface area contributed by atoms with Gasteiger partial charge in [0.2, 0.25) is 11.1 Å². The van der Waals surface area contributed by atoms with E-state index in [2.05, 4.69) is 25.5 Å². The molecule has 3 rings (SSSR count). The van der Waals surface area contributed by atoms with E-state index in [9.17, 15) is 4.79 Å². The number of aromatic amines is 1. The van der Waals surface area contributed by atoms with Gasteiger partial charge in [-0.25, -0.2) is 4.98 Å². The van der Waals surface area contributed by atoms with Crippen LogP contribution in [0.4, 0.5) is 0 Å². The molecule has 6 nitrogen and oxygen atoms in total. The summed E-state index contributed by atoms with van der Waals surface area (Å²) < 4.78 is 0. The number of pyridine rings is 1. The summed E-state index contributed by atoms with van der Waals surface area (Å²) in [7, 11) is 0. The number of thioether (sulfide) groups is 1. The molecule has 7 heteroatoms. The lowest BCUT2D eigenvalue weighted by Crippen LogP contribution is -2.34. The molecule has 0 saturated heterocycles. The van der Waals surface area contributed by atoms with Crippen molar-refractivity contribution >= 4 is 17.7 Å². The average molecular weight is 331 g/mol. The van der Waals surface area contributed by atoms with Crippen molar-refractivity contribution in [1.82, 2.24) is 25.5 Å². The highest BCUT2D eigenvalue weighted by atomic mass is 32.2. The molecular formula is C16H21N5OS. The fourth-order valence-corrected chi connectivity index (χ4v) is 3.67. The van der Waals surface area contributed by atoms with Crippen LogP contribution in [0.5, 0.6) is 0 Å². The van der Waals surface area contributed by atoms with Crippen LogP contribution in [0.3, 0.4) is 0 Å². The van der Waals surface area contributed by atoms with E-state index in [1.54, 1.807) is 6.20 Å². The number of hydrogen-bond donors (Lipinski definition) is 2. The van der Waals surface area contributed by atoms with Gasteiger partial charge >= 0.3 is 0 Å². The highest BCUT2D eigenvalue weighted by Crippen LogP contribution is 2.35. The van der Waals surface area contributed by atoms with Crippen LogP contribution < -0.4 is 5.32 Å². The Morgan fingerprint density at radius 1 is 1.43 bits per heavy atom. The molecule has 1 atom stereocenters. The number of hydrogen-bond acceptors (Lipinski definition) is 5. The maximum atomic E-state index is 12.3. The van der Waals surface area contributed by atoms with E-state index in [1.165, 1.54) is 24.6 Å². The number of nitrogens with zero attached hydrogens (tertiary/aromatic N) is 3. The van der Waals surface area contributed by atoms with Crippen LogP contribution in [0.25, 0.3) is 0 Å². The van der Waals surface area contributed by atoms with Crippen molar-refractivity contribution in [2.75, 3.05) is 5.75 Å². The van der Waals surface area contributed by atoms with Crippen molar-refractivity contribution in [1.29, 1.82) is 0 Å².